The van der Waals surface area contributed by atoms with Crippen LogP contribution in [-0.4, -0.2) is 182 Å². The topological polar surface area (TPSA) is 256 Å². The van der Waals surface area contributed by atoms with Gasteiger partial charge in [-0.25, -0.2) is 0 Å². The molecule has 378 valence electrons. The zero-order valence-corrected chi connectivity index (χ0v) is 40.1. The van der Waals surface area contributed by atoms with E-state index in [0.29, 0.717) is 31.3 Å². The Balaban J connectivity index is 0.942. The molecule has 5 saturated heterocycles. The number of rotatable bonds is 10. The molecule has 0 aromatic carbocycles. The van der Waals surface area contributed by atoms with Crippen LogP contribution in [0.5, 0.6) is 0 Å². The summed E-state index contributed by atoms with van der Waals surface area (Å²) in [6.45, 7) is 16.7. The minimum Gasteiger partial charge on any atom is -0.394 e. The number of allylic oxidation sites excluding steroid dienone is 1. The quantitative estimate of drug-likeness (QED) is 0.111. The maximum absolute atomic E-state index is 12.2. The summed E-state index contributed by atoms with van der Waals surface area (Å²) in [4.78, 5) is 0. The largest absolute Gasteiger partial charge is 0.394 e. The maximum Gasteiger partial charge on any atom is 0.187 e. The van der Waals surface area contributed by atoms with E-state index in [0.717, 1.165) is 44.1 Å². The van der Waals surface area contributed by atoms with Gasteiger partial charge in [0.15, 0.2) is 18.4 Å². The molecular weight excluding hydrogens is 861 g/mol. The van der Waals surface area contributed by atoms with Crippen LogP contribution in [0.25, 0.3) is 0 Å². The molecule has 0 amide bonds. The van der Waals surface area contributed by atoms with E-state index in [1.807, 2.05) is 6.92 Å². The van der Waals surface area contributed by atoms with Crippen LogP contribution in [0.4, 0.5) is 0 Å². The lowest BCUT2D eigenvalue weighted by molar-refractivity contribution is -0.363. The van der Waals surface area contributed by atoms with E-state index in [1.54, 1.807) is 6.92 Å². The van der Waals surface area contributed by atoms with Gasteiger partial charge in [-0.1, -0.05) is 39.3 Å². The van der Waals surface area contributed by atoms with E-state index in [2.05, 4.69) is 47.6 Å². The number of fused-ring (bicyclic) bond motifs is 4. The van der Waals surface area contributed by atoms with Gasteiger partial charge in [0.25, 0.3) is 0 Å². The van der Waals surface area contributed by atoms with E-state index in [1.165, 1.54) is 0 Å². The zero-order chi connectivity index (χ0) is 47.7. The first kappa shape index (κ1) is 50.0. The standard InChI is InChI=1S/C49H80O17/c1-23(2)15-25-16-47(8,58)41-27-9-10-32-45(6)13-12-33(44(4,5)31(45)11-14-46(32,7)48(27)21-49(41,66-25)61-22-48)64-43-40(65-42-39(57)37(55)34(52)24(3)62-42)26(28(51)19-60-43)18-59-20-30-36(54)38(56)35(53)29(17-50)63-30/h15,24-43,50-58H,9-14,16-22H2,1-8H3/t24-,25+,26-,27+,28-,29+,30-,31+,32+,33+,34-,35+,36-,37+,38-,39+,40+,41-,42-,43-,45-,46+,47-,48-,49-/m0/s1. The molecule has 17 heteroatoms. The van der Waals surface area contributed by atoms with Crippen molar-refractivity contribution in [3.8, 4) is 0 Å². The second-order valence-corrected chi connectivity index (χ2v) is 23.7. The Morgan fingerprint density at radius 3 is 2.18 bits per heavy atom. The molecule has 17 nitrogen and oxygen atoms in total. The molecule has 9 rings (SSSR count). The lowest BCUT2D eigenvalue weighted by Gasteiger charge is -2.70. The van der Waals surface area contributed by atoms with E-state index >= 15 is 0 Å². The molecule has 5 aliphatic heterocycles. The van der Waals surface area contributed by atoms with Crippen molar-refractivity contribution in [2.45, 2.75) is 210 Å². The highest BCUT2D eigenvalue weighted by Gasteiger charge is 2.81. The average Bonchev–Trinajstić information content (AvgIpc) is 3.77. The van der Waals surface area contributed by atoms with Crippen LogP contribution in [0.3, 0.4) is 0 Å². The summed E-state index contributed by atoms with van der Waals surface area (Å²) in [5, 5.41) is 97.1. The molecule has 2 spiro atoms. The number of aliphatic hydroxyl groups is 9. The molecule has 9 N–H and O–H groups in total. The van der Waals surface area contributed by atoms with Crippen molar-refractivity contribution >= 4 is 0 Å². The maximum atomic E-state index is 12.2. The van der Waals surface area contributed by atoms with Gasteiger partial charge in [-0.2, -0.15) is 0 Å². The molecule has 5 heterocycles. The third kappa shape index (κ3) is 7.75. The highest BCUT2D eigenvalue weighted by atomic mass is 16.8. The van der Waals surface area contributed by atoms with Crippen molar-refractivity contribution in [1.82, 2.24) is 0 Å². The fourth-order valence-electron chi connectivity index (χ4n) is 16.2. The van der Waals surface area contributed by atoms with Gasteiger partial charge in [0.05, 0.1) is 63.1 Å². The Morgan fingerprint density at radius 2 is 1.47 bits per heavy atom. The lowest BCUT2D eigenvalue weighted by atomic mass is 9.35. The number of aliphatic hydroxyl groups excluding tert-OH is 8. The third-order valence-corrected chi connectivity index (χ3v) is 19.4. The molecule has 2 bridgehead atoms. The summed E-state index contributed by atoms with van der Waals surface area (Å²) in [7, 11) is 0. The average molecular weight is 941 g/mol. The highest BCUT2D eigenvalue weighted by molar-refractivity contribution is 5.26. The van der Waals surface area contributed by atoms with Crippen LogP contribution >= 0.6 is 0 Å². The fourth-order valence-corrected chi connectivity index (χ4v) is 16.2. The van der Waals surface area contributed by atoms with Gasteiger partial charge >= 0.3 is 0 Å². The summed E-state index contributed by atoms with van der Waals surface area (Å²) in [6, 6.07) is 0. The van der Waals surface area contributed by atoms with E-state index < -0.39 is 104 Å². The van der Waals surface area contributed by atoms with Crippen molar-refractivity contribution in [2.24, 2.45) is 51.2 Å². The number of hydrogen-bond donors (Lipinski definition) is 9. The highest BCUT2D eigenvalue weighted by Crippen LogP contribution is 2.80. The number of hydrogen-bond acceptors (Lipinski definition) is 17. The molecule has 0 radical (unpaired) electrons. The van der Waals surface area contributed by atoms with Gasteiger partial charge in [0.1, 0.15) is 54.9 Å². The monoisotopic (exact) mass is 941 g/mol. The number of ether oxygens (including phenoxy) is 8. The van der Waals surface area contributed by atoms with Crippen molar-refractivity contribution in [3.63, 3.8) is 0 Å². The second-order valence-electron chi connectivity index (χ2n) is 23.7. The molecular formula is C49H80O17. The van der Waals surface area contributed by atoms with Gasteiger partial charge < -0.3 is 83.9 Å². The van der Waals surface area contributed by atoms with Crippen LogP contribution in [0.15, 0.2) is 11.6 Å². The van der Waals surface area contributed by atoms with Crippen molar-refractivity contribution in [2.75, 3.05) is 33.0 Å². The van der Waals surface area contributed by atoms with Crippen LogP contribution in [0, 0.1) is 51.2 Å². The molecule has 9 aliphatic rings. The first-order valence-corrected chi connectivity index (χ1v) is 24.8. The van der Waals surface area contributed by atoms with Crippen LogP contribution in [0.2, 0.25) is 0 Å². The van der Waals surface area contributed by atoms with Crippen molar-refractivity contribution < 1.29 is 83.9 Å². The Labute approximate surface area is 389 Å². The molecule has 4 aliphatic carbocycles. The molecule has 4 saturated carbocycles. The smallest absolute Gasteiger partial charge is 0.187 e. The SMILES string of the molecule is CC(C)=C[C@@H]1C[C@](C)(O)[C@@H]2[C@H]3CC[C@@H]4[C@@]5(C)CC[C@@H](O[C@@H]6OC[C@H](O)[C@H](COC[C@@H]7O[C@H](CO)[C@@H](O)[C@H](O)[C@H]7O)[C@H]6O[C@@H]6O[C@@H](C)[C@H](O)[C@@H](O)[C@H]6O)C(C)(C)[C@H]5CC[C@@]4(C)[C@@]34CO[C@@]2(C4)O1. The minimum atomic E-state index is -1.65. The summed E-state index contributed by atoms with van der Waals surface area (Å²) in [6.07, 6.45) is -8.53. The predicted octanol–water partition coefficient (Wildman–Crippen LogP) is 1.28. The second kappa shape index (κ2) is 17.7. The molecule has 66 heavy (non-hydrogen) atoms. The van der Waals surface area contributed by atoms with Gasteiger partial charge in [0.2, 0.25) is 0 Å². The molecule has 0 aromatic heterocycles. The Hall–Kier alpha value is -0.940. The van der Waals surface area contributed by atoms with Crippen LogP contribution < -0.4 is 0 Å². The Kier molecular flexibility index (Phi) is 13.4. The van der Waals surface area contributed by atoms with Gasteiger partial charge in [-0.15, -0.1) is 0 Å². The summed E-state index contributed by atoms with van der Waals surface area (Å²) >= 11 is 0. The first-order valence-electron chi connectivity index (χ1n) is 24.8. The first-order chi connectivity index (χ1) is 30.9. The Bertz CT molecular complexity index is 1780. The third-order valence-electron chi connectivity index (χ3n) is 19.4. The van der Waals surface area contributed by atoms with Gasteiger partial charge in [0, 0.05) is 30.1 Å². The van der Waals surface area contributed by atoms with Crippen molar-refractivity contribution in [1.29, 1.82) is 0 Å². The summed E-state index contributed by atoms with van der Waals surface area (Å²) in [5.74, 6) is -0.788. The molecule has 0 aromatic rings. The van der Waals surface area contributed by atoms with E-state index in [4.69, 9.17) is 37.9 Å². The minimum absolute atomic E-state index is 0.0406. The van der Waals surface area contributed by atoms with Gasteiger partial charge in [-0.05, 0) is 100 Å². The van der Waals surface area contributed by atoms with Crippen LogP contribution in [0.1, 0.15) is 107 Å². The van der Waals surface area contributed by atoms with Crippen molar-refractivity contribution in [3.05, 3.63) is 11.6 Å². The zero-order valence-electron chi connectivity index (χ0n) is 40.1. The fraction of sp³-hybridized carbons (Fsp3) is 0.959. The molecule has 25 atom stereocenters. The normalized spacial score (nSPS) is 56.4. The van der Waals surface area contributed by atoms with Crippen LogP contribution in [-0.2, 0) is 37.9 Å². The predicted molar refractivity (Wildman–Crippen MR) is 233 cm³/mol. The van der Waals surface area contributed by atoms with Gasteiger partial charge in [-0.3, -0.25) is 0 Å². The molecule has 0 unspecified atom stereocenters. The summed E-state index contributed by atoms with van der Waals surface area (Å²) < 4.78 is 51.2. The van der Waals surface area contributed by atoms with E-state index in [-0.39, 0.29) is 65.5 Å². The lowest BCUT2D eigenvalue weighted by Crippen LogP contribution is -2.67. The van der Waals surface area contributed by atoms with E-state index in [9.17, 15) is 46.0 Å². The Morgan fingerprint density at radius 1 is 0.758 bits per heavy atom. The molecule has 9 fully saturated rings. The summed E-state index contributed by atoms with van der Waals surface area (Å²) in [5.41, 5.74) is -0.323.